The fraction of sp³-hybridized carbons (Fsp3) is 0.278. The third-order valence-electron chi connectivity index (χ3n) is 3.98. The van der Waals surface area contributed by atoms with E-state index in [0.717, 1.165) is 6.21 Å². The summed E-state index contributed by atoms with van der Waals surface area (Å²) in [5.41, 5.74) is -5.07. The number of benzene rings is 2. The van der Waals surface area contributed by atoms with Crippen LogP contribution < -0.4 is 0 Å². The number of alkyl halides is 10. The lowest BCUT2D eigenvalue weighted by Gasteiger charge is -2.24. The van der Waals surface area contributed by atoms with Crippen LogP contribution >= 0.6 is 0 Å². The molecule has 0 amide bonds. The number of aromatic hydroxyl groups is 1. The Kier molecular flexibility index (Phi) is 5.85. The van der Waals surface area contributed by atoms with Crippen molar-refractivity contribution in [3.05, 3.63) is 58.7 Å². The molecule has 30 heavy (non-hydrogen) atoms. The Bertz CT molecular complexity index is 916. The summed E-state index contributed by atoms with van der Waals surface area (Å²) in [6.45, 7) is 1.46. The van der Waals surface area contributed by atoms with Gasteiger partial charge in [-0.25, -0.2) is 0 Å². The Morgan fingerprint density at radius 2 is 1.23 bits per heavy atom. The third kappa shape index (κ3) is 4.36. The first-order valence-corrected chi connectivity index (χ1v) is 7.86. The molecule has 12 heteroatoms. The van der Waals surface area contributed by atoms with Crippen LogP contribution in [0.3, 0.4) is 0 Å². The highest BCUT2D eigenvalue weighted by atomic mass is 19.4. The Hall–Kier alpha value is -2.79. The molecule has 0 spiro atoms. The van der Waals surface area contributed by atoms with E-state index >= 15 is 0 Å². The molecule has 2 rings (SSSR count). The molecular weight excluding hydrogens is 436 g/mol. The SMILES string of the molecule is Cc1cccc(C=Nc2cc(C(F)(F)C(F)(F)F)cc(C(F)(F)C(F)(F)F)c2)c1O. The molecule has 2 aromatic carbocycles. The normalized spacial score (nSPS) is 13.8. The minimum absolute atomic E-state index is 0.0345. The van der Waals surface area contributed by atoms with Crippen molar-refractivity contribution in [1.29, 1.82) is 0 Å². The molecule has 0 aromatic heterocycles. The quantitative estimate of drug-likeness (QED) is 0.408. The van der Waals surface area contributed by atoms with E-state index in [1.165, 1.54) is 25.1 Å². The molecule has 0 aliphatic rings. The van der Waals surface area contributed by atoms with E-state index in [0.29, 0.717) is 5.56 Å². The van der Waals surface area contributed by atoms with Gasteiger partial charge in [-0.3, -0.25) is 4.99 Å². The molecule has 0 atom stereocenters. The predicted octanol–water partition coefficient (Wildman–Crippen LogP) is 6.76. The maximum Gasteiger partial charge on any atom is 0.458 e. The number of rotatable bonds is 4. The number of aliphatic imine (C=N–C) groups is 1. The average molecular weight is 447 g/mol. The second kappa shape index (κ2) is 7.47. The number of phenols is 1. The van der Waals surface area contributed by atoms with E-state index in [1.807, 2.05) is 0 Å². The number of aryl methyl sites for hydroxylation is 1. The van der Waals surface area contributed by atoms with Crippen molar-refractivity contribution in [2.45, 2.75) is 31.1 Å². The zero-order chi connectivity index (χ0) is 23.1. The predicted molar refractivity (Wildman–Crippen MR) is 86.4 cm³/mol. The second-order valence-corrected chi connectivity index (χ2v) is 6.18. The molecule has 0 saturated heterocycles. The minimum Gasteiger partial charge on any atom is -0.507 e. The van der Waals surface area contributed by atoms with Crippen LogP contribution in [0.4, 0.5) is 49.6 Å². The first-order chi connectivity index (χ1) is 13.5. The molecular formula is C18H11F10NO. The molecule has 0 radical (unpaired) electrons. The number of nitrogens with zero attached hydrogens (tertiary/aromatic N) is 1. The zero-order valence-electron chi connectivity index (χ0n) is 14.7. The lowest BCUT2D eigenvalue weighted by Crippen LogP contribution is -2.36. The van der Waals surface area contributed by atoms with Crippen molar-refractivity contribution in [1.82, 2.24) is 0 Å². The molecule has 0 unspecified atom stereocenters. The van der Waals surface area contributed by atoms with Crippen molar-refractivity contribution < 1.29 is 49.0 Å². The fourth-order valence-electron chi connectivity index (χ4n) is 2.31. The lowest BCUT2D eigenvalue weighted by molar-refractivity contribution is -0.292. The molecule has 0 fully saturated rings. The van der Waals surface area contributed by atoms with Crippen LogP contribution in [0.25, 0.3) is 0 Å². The summed E-state index contributed by atoms with van der Waals surface area (Å²) in [7, 11) is 0. The first kappa shape index (κ1) is 23.5. The van der Waals surface area contributed by atoms with Crippen LogP contribution in [-0.4, -0.2) is 23.7 Å². The maximum absolute atomic E-state index is 13.6. The van der Waals surface area contributed by atoms with Gasteiger partial charge >= 0.3 is 24.2 Å². The molecule has 2 nitrogen and oxygen atoms in total. The van der Waals surface area contributed by atoms with Gasteiger partial charge in [0.2, 0.25) is 0 Å². The highest BCUT2D eigenvalue weighted by Gasteiger charge is 2.61. The fourth-order valence-corrected chi connectivity index (χ4v) is 2.31. The smallest absolute Gasteiger partial charge is 0.458 e. The number of halogens is 10. The van der Waals surface area contributed by atoms with E-state index in [4.69, 9.17) is 0 Å². The topological polar surface area (TPSA) is 32.6 Å². The van der Waals surface area contributed by atoms with Gasteiger partial charge < -0.3 is 5.11 Å². The molecule has 164 valence electrons. The molecule has 0 heterocycles. The first-order valence-electron chi connectivity index (χ1n) is 7.86. The Morgan fingerprint density at radius 1 is 0.767 bits per heavy atom. The van der Waals surface area contributed by atoms with Crippen molar-refractivity contribution >= 4 is 11.9 Å². The van der Waals surface area contributed by atoms with Crippen molar-refractivity contribution in [2.75, 3.05) is 0 Å². The third-order valence-corrected chi connectivity index (χ3v) is 3.98. The van der Waals surface area contributed by atoms with Crippen LogP contribution in [0.5, 0.6) is 5.75 Å². The summed E-state index contributed by atoms with van der Waals surface area (Å²) in [4.78, 5) is 3.40. The van der Waals surface area contributed by atoms with Crippen LogP contribution in [0, 0.1) is 6.92 Å². The summed E-state index contributed by atoms with van der Waals surface area (Å²) in [6.07, 6.45) is -11.8. The van der Waals surface area contributed by atoms with Crippen LogP contribution in [0.15, 0.2) is 41.4 Å². The van der Waals surface area contributed by atoms with E-state index in [1.54, 1.807) is 0 Å². The Morgan fingerprint density at radius 3 is 1.67 bits per heavy atom. The molecule has 0 bridgehead atoms. The van der Waals surface area contributed by atoms with E-state index in [2.05, 4.69) is 4.99 Å². The van der Waals surface area contributed by atoms with Gasteiger partial charge in [0, 0.05) is 22.9 Å². The Balaban J connectivity index is 2.68. The summed E-state index contributed by atoms with van der Waals surface area (Å²) < 4.78 is 130. The van der Waals surface area contributed by atoms with Crippen LogP contribution in [0.1, 0.15) is 22.3 Å². The van der Waals surface area contributed by atoms with Gasteiger partial charge in [-0.15, -0.1) is 0 Å². The van der Waals surface area contributed by atoms with E-state index in [-0.39, 0.29) is 23.4 Å². The number of phenolic OH excluding ortho intramolecular Hbond substituents is 1. The van der Waals surface area contributed by atoms with Crippen molar-refractivity contribution in [3.63, 3.8) is 0 Å². The largest absolute Gasteiger partial charge is 0.507 e. The van der Waals surface area contributed by atoms with Gasteiger partial charge in [0.15, 0.2) is 0 Å². The average Bonchev–Trinajstić information content (AvgIpc) is 2.60. The minimum atomic E-state index is -6.26. The second-order valence-electron chi connectivity index (χ2n) is 6.18. The standard InChI is InChI=1S/C18H11F10NO/c1-9-3-2-4-10(14(9)30)8-29-13-6-11(15(19,20)17(23,24)25)5-12(7-13)16(21,22)18(26,27)28/h2-8,30H,1H3. The van der Waals surface area contributed by atoms with E-state index < -0.39 is 47.1 Å². The number of hydrogen-bond donors (Lipinski definition) is 1. The molecule has 0 aliphatic heterocycles. The van der Waals surface area contributed by atoms with Crippen molar-refractivity contribution in [3.8, 4) is 5.75 Å². The number of para-hydroxylation sites is 1. The van der Waals surface area contributed by atoms with Gasteiger partial charge in [-0.2, -0.15) is 43.9 Å². The molecule has 0 saturated carbocycles. The summed E-state index contributed by atoms with van der Waals surface area (Å²) >= 11 is 0. The Labute approximate surface area is 162 Å². The van der Waals surface area contributed by atoms with Crippen LogP contribution in [0.2, 0.25) is 0 Å². The van der Waals surface area contributed by atoms with Crippen LogP contribution in [-0.2, 0) is 11.8 Å². The highest BCUT2D eigenvalue weighted by Crippen LogP contribution is 2.49. The molecule has 1 N–H and O–H groups in total. The summed E-state index contributed by atoms with van der Waals surface area (Å²) in [6, 6.07) is 3.61. The van der Waals surface area contributed by atoms with Gasteiger partial charge in [0.1, 0.15) is 5.75 Å². The van der Waals surface area contributed by atoms with Gasteiger partial charge in [-0.05, 0) is 36.8 Å². The van der Waals surface area contributed by atoms with Gasteiger partial charge in [-0.1, -0.05) is 12.1 Å². The molecule has 2 aromatic rings. The summed E-state index contributed by atoms with van der Waals surface area (Å²) in [5.74, 6) is -11.8. The van der Waals surface area contributed by atoms with E-state index in [9.17, 15) is 49.0 Å². The monoisotopic (exact) mass is 447 g/mol. The maximum atomic E-state index is 13.6. The van der Waals surface area contributed by atoms with Gasteiger partial charge in [0.05, 0.1) is 5.69 Å². The van der Waals surface area contributed by atoms with Crippen molar-refractivity contribution in [2.24, 2.45) is 4.99 Å². The highest BCUT2D eigenvalue weighted by molar-refractivity contribution is 5.86. The van der Waals surface area contributed by atoms with Gasteiger partial charge in [0.25, 0.3) is 0 Å². The lowest BCUT2D eigenvalue weighted by atomic mass is 9.99. The number of hydrogen-bond acceptors (Lipinski definition) is 2. The molecule has 0 aliphatic carbocycles. The zero-order valence-corrected chi connectivity index (χ0v) is 14.7. The summed E-state index contributed by atoms with van der Waals surface area (Å²) in [5, 5.41) is 9.83.